The highest BCUT2D eigenvalue weighted by Gasteiger charge is 2.38. The number of rotatable bonds is 4. The van der Waals surface area contributed by atoms with E-state index in [0.717, 1.165) is 27.7 Å². The van der Waals surface area contributed by atoms with Crippen molar-refractivity contribution in [3.05, 3.63) is 30.6 Å². The molecule has 1 saturated heterocycles. The molecule has 0 aromatic carbocycles. The van der Waals surface area contributed by atoms with Gasteiger partial charge in [-0.1, -0.05) is 6.58 Å². The monoisotopic (exact) mass is 346 g/mol. The Hall–Kier alpha value is -2.15. The number of hydrogen-bond donors (Lipinski definition) is 1. The van der Waals surface area contributed by atoms with Gasteiger partial charge in [0.05, 0.1) is 5.75 Å². The molecular weight excluding hydrogens is 324 g/mol. The van der Waals surface area contributed by atoms with Gasteiger partial charge < -0.3 is 10.6 Å². The summed E-state index contributed by atoms with van der Waals surface area (Å²) >= 11 is 0. The highest BCUT2D eigenvalue weighted by molar-refractivity contribution is 7.90. The number of nitrogen functional groups attached to an aromatic ring is 1. The second kappa shape index (κ2) is 5.73. The minimum absolute atomic E-state index is 0.114. The van der Waals surface area contributed by atoms with Crippen LogP contribution in [-0.2, 0) is 9.84 Å². The number of hydrogen-bond acceptors (Lipinski definition) is 6. The SMILES string of the molecule is C=C(C)c1cnc(N2C[C@H](CS(C)(=O)=O)[C@H]2C)c2cnc(N)cc12. The fourth-order valence-electron chi connectivity index (χ4n) is 3.25. The predicted octanol–water partition coefficient (Wildman–Crippen LogP) is 2.11. The van der Waals surface area contributed by atoms with Crippen LogP contribution in [-0.4, -0.2) is 43.0 Å². The summed E-state index contributed by atoms with van der Waals surface area (Å²) in [7, 11) is -2.98. The van der Waals surface area contributed by atoms with Crippen LogP contribution >= 0.6 is 0 Å². The fourth-order valence-corrected chi connectivity index (χ4v) is 4.42. The molecule has 3 rings (SSSR count). The van der Waals surface area contributed by atoms with Crippen molar-refractivity contribution in [2.24, 2.45) is 5.92 Å². The van der Waals surface area contributed by atoms with Crippen LogP contribution in [0.4, 0.5) is 11.6 Å². The van der Waals surface area contributed by atoms with Crippen LogP contribution in [0.1, 0.15) is 19.4 Å². The molecule has 1 aliphatic heterocycles. The average molecular weight is 346 g/mol. The summed E-state index contributed by atoms with van der Waals surface area (Å²) in [5.74, 6) is 1.60. The molecule has 24 heavy (non-hydrogen) atoms. The van der Waals surface area contributed by atoms with Crippen molar-refractivity contribution in [3.63, 3.8) is 0 Å². The van der Waals surface area contributed by atoms with E-state index < -0.39 is 9.84 Å². The summed E-state index contributed by atoms with van der Waals surface area (Å²) in [6, 6.07) is 1.95. The summed E-state index contributed by atoms with van der Waals surface area (Å²) in [5, 5.41) is 1.88. The first-order valence-corrected chi connectivity index (χ1v) is 9.88. The second-order valence-corrected chi connectivity index (χ2v) is 8.86. The van der Waals surface area contributed by atoms with E-state index in [4.69, 9.17) is 5.73 Å². The van der Waals surface area contributed by atoms with Gasteiger partial charge in [0.25, 0.3) is 0 Å². The number of allylic oxidation sites excluding steroid dienone is 1. The molecule has 3 heterocycles. The van der Waals surface area contributed by atoms with Crippen LogP contribution in [0.5, 0.6) is 0 Å². The van der Waals surface area contributed by atoms with Gasteiger partial charge in [0.2, 0.25) is 0 Å². The van der Waals surface area contributed by atoms with Crippen LogP contribution in [0, 0.1) is 5.92 Å². The minimum Gasteiger partial charge on any atom is -0.384 e. The molecule has 0 radical (unpaired) electrons. The fraction of sp³-hybridized carbons (Fsp3) is 0.412. The van der Waals surface area contributed by atoms with Gasteiger partial charge in [-0.2, -0.15) is 0 Å². The Kier molecular flexibility index (Phi) is 3.99. The summed E-state index contributed by atoms with van der Waals surface area (Å²) in [6.07, 6.45) is 4.82. The molecule has 2 aromatic heterocycles. The normalized spacial score (nSPS) is 20.9. The molecule has 2 atom stereocenters. The Balaban J connectivity index is 2.00. The van der Waals surface area contributed by atoms with Crippen molar-refractivity contribution in [2.75, 3.05) is 29.2 Å². The van der Waals surface area contributed by atoms with Crippen molar-refractivity contribution in [2.45, 2.75) is 19.9 Å². The summed E-state index contributed by atoms with van der Waals surface area (Å²) in [4.78, 5) is 10.9. The van der Waals surface area contributed by atoms with E-state index in [0.29, 0.717) is 12.4 Å². The van der Waals surface area contributed by atoms with E-state index in [1.54, 1.807) is 12.4 Å². The number of nitrogens with zero attached hydrogens (tertiary/aromatic N) is 3. The Morgan fingerprint density at radius 3 is 2.67 bits per heavy atom. The average Bonchev–Trinajstić information content (AvgIpc) is 2.48. The lowest BCUT2D eigenvalue weighted by atomic mass is 9.91. The van der Waals surface area contributed by atoms with Gasteiger partial charge in [0, 0.05) is 48.1 Å². The minimum atomic E-state index is -2.98. The van der Waals surface area contributed by atoms with Gasteiger partial charge in [-0.15, -0.1) is 0 Å². The third kappa shape index (κ3) is 2.96. The third-order valence-corrected chi connectivity index (χ3v) is 5.66. The highest BCUT2D eigenvalue weighted by Crippen LogP contribution is 2.37. The quantitative estimate of drug-likeness (QED) is 0.912. The predicted molar refractivity (Wildman–Crippen MR) is 98.7 cm³/mol. The topological polar surface area (TPSA) is 89.2 Å². The number of nitrogens with two attached hydrogens (primary N) is 1. The molecule has 0 unspecified atom stereocenters. The van der Waals surface area contributed by atoms with Crippen molar-refractivity contribution >= 4 is 37.8 Å². The molecule has 2 aromatic rings. The van der Waals surface area contributed by atoms with Gasteiger partial charge in [0.1, 0.15) is 21.5 Å². The first-order chi connectivity index (χ1) is 11.2. The molecular formula is C17H22N4O2S. The van der Waals surface area contributed by atoms with Crippen molar-refractivity contribution < 1.29 is 8.42 Å². The smallest absolute Gasteiger partial charge is 0.147 e. The van der Waals surface area contributed by atoms with E-state index in [-0.39, 0.29) is 17.7 Å². The van der Waals surface area contributed by atoms with E-state index in [1.165, 1.54) is 6.26 Å². The lowest BCUT2D eigenvalue weighted by molar-refractivity contribution is 0.339. The van der Waals surface area contributed by atoms with Gasteiger partial charge in [0.15, 0.2) is 0 Å². The van der Waals surface area contributed by atoms with Crippen LogP contribution in [0.3, 0.4) is 0 Å². The summed E-state index contributed by atoms with van der Waals surface area (Å²) in [6.45, 7) is 8.64. The maximum absolute atomic E-state index is 11.5. The van der Waals surface area contributed by atoms with Crippen LogP contribution in [0.15, 0.2) is 25.0 Å². The number of pyridine rings is 2. The van der Waals surface area contributed by atoms with Crippen molar-refractivity contribution in [1.82, 2.24) is 9.97 Å². The maximum Gasteiger partial charge on any atom is 0.147 e. The van der Waals surface area contributed by atoms with Gasteiger partial charge in [-0.3, -0.25) is 0 Å². The molecule has 6 nitrogen and oxygen atoms in total. The highest BCUT2D eigenvalue weighted by atomic mass is 32.2. The molecule has 1 aliphatic rings. The van der Waals surface area contributed by atoms with Crippen molar-refractivity contribution in [3.8, 4) is 0 Å². The molecule has 1 fully saturated rings. The Bertz CT molecular complexity index is 924. The zero-order valence-electron chi connectivity index (χ0n) is 14.2. The molecule has 7 heteroatoms. The Morgan fingerprint density at radius 1 is 1.38 bits per heavy atom. The Morgan fingerprint density at radius 2 is 2.08 bits per heavy atom. The molecule has 0 saturated carbocycles. The number of fused-ring (bicyclic) bond motifs is 1. The zero-order valence-corrected chi connectivity index (χ0v) is 15.0. The zero-order chi connectivity index (χ0) is 17.6. The molecule has 0 amide bonds. The van der Waals surface area contributed by atoms with E-state index in [1.807, 2.05) is 19.9 Å². The Labute approximate surface area is 142 Å². The number of anilines is 2. The number of aromatic nitrogens is 2. The van der Waals surface area contributed by atoms with E-state index >= 15 is 0 Å². The molecule has 0 bridgehead atoms. The van der Waals surface area contributed by atoms with Crippen LogP contribution in [0.2, 0.25) is 0 Å². The third-order valence-electron chi connectivity index (χ3n) is 4.63. The van der Waals surface area contributed by atoms with E-state index in [9.17, 15) is 8.42 Å². The van der Waals surface area contributed by atoms with Crippen LogP contribution < -0.4 is 10.6 Å². The lowest BCUT2D eigenvalue weighted by Crippen LogP contribution is -2.57. The van der Waals surface area contributed by atoms with Gasteiger partial charge >= 0.3 is 0 Å². The number of sulfone groups is 1. The van der Waals surface area contributed by atoms with Gasteiger partial charge in [-0.05, 0) is 30.9 Å². The van der Waals surface area contributed by atoms with E-state index in [2.05, 4.69) is 21.4 Å². The van der Waals surface area contributed by atoms with Crippen molar-refractivity contribution in [1.29, 1.82) is 0 Å². The first kappa shape index (κ1) is 16.7. The van der Waals surface area contributed by atoms with Crippen LogP contribution in [0.25, 0.3) is 16.3 Å². The summed E-state index contributed by atoms with van der Waals surface area (Å²) in [5.41, 5.74) is 7.70. The first-order valence-electron chi connectivity index (χ1n) is 7.82. The summed E-state index contributed by atoms with van der Waals surface area (Å²) < 4.78 is 23.0. The maximum atomic E-state index is 11.5. The molecule has 2 N–H and O–H groups in total. The molecule has 128 valence electrons. The molecule has 0 spiro atoms. The lowest BCUT2D eigenvalue weighted by Gasteiger charge is -2.47. The van der Waals surface area contributed by atoms with Gasteiger partial charge in [-0.25, -0.2) is 18.4 Å². The second-order valence-electron chi connectivity index (χ2n) is 6.68. The largest absolute Gasteiger partial charge is 0.384 e. The standard InChI is InChI=1S/C17H22N4O2S/c1-10(2)14-6-20-17(15-7-19-16(18)5-13(14)15)21-8-12(11(21)3)9-24(4,22)23/h5-7,11-12H,1,8-9H2,2-4H3,(H2,18,19)/t11-,12-/m1/s1. The molecule has 0 aliphatic carbocycles.